The molecule has 0 unspecified atom stereocenters. The maximum atomic E-state index is 13.4. The van der Waals surface area contributed by atoms with Crippen molar-refractivity contribution in [2.45, 2.75) is 57.5 Å². The molecule has 4 heteroatoms. The van der Waals surface area contributed by atoms with Crippen molar-refractivity contribution in [1.29, 1.82) is 0 Å². The minimum absolute atomic E-state index is 0.0781. The number of hydrogen-bond donors (Lipinski definition) is 0. The first-order valence-corrected chi connectivity index (χ1v) is 6.84. The van der Waals surface area contributed by atoms with Crippen molar-refractivity contribution >= 4 is 0 Å². The van der Waals surface area contributed by atoms with E-state index >= 15 is 0 Å². The molecule has 0 aromatic carbocycles. The van der Waals surface area contributed by atoms with Gasteiger partial charge in [-0.25, -0.2) is 8.78 Å². The largest absolute Gasteiger partial charge is 0.298 e. The van der Waals surface area contributed by atoms with Crippen molar-refractivity contribution in [3.8, 4) is 0 Å². The van der Waals surface area contributed by atoms with Crippen LogP contribution >= 0.6 is 0 Å². The Morgan fingerprint density at radius 3 is 2.29 bits per heavy atom. The summed E-state index contributed by atoms with van der Waals surface area (Å²) >= 11 is 0. The number of rotatable bonds is 2. The third-order valence-electron chi connectivity index (χ3n) is 4.21. The molecule has 1 aliphatic carbocycles. The number of hydrogen-bond acceptors (Lipinski definition) is 2. The molecule has 0 aromatic rings. The Morgan fingerprint density at radius 2 is 1.76 bits per heavy atom. The van der Waals surface area contributed by atoms with E-state index in [2.05, 4.69) is 23.6 Å². The molecule has 1 aliphatic heterocycles. The zero-order valence-electron chi connectivity index (χ0n) is 11.0. The lowest BCUT2D eigenvalue weighted by atomic mass is 9.90. The molecule has 1 atom stereocenters. The Kier molecular flexibility index (Phi) is 4.03. The molecular formula is C13H24F2N2. The van der Waals surface area contributed by atoms with Gasteiger partial charge in [0.2, 0.25) is 5.92 Å². The standard InChI is InChI=1S/C13H24F2N2/c1-11(2)16-6-8-17(9-7-16)12-4-3-5-13(14,15)10-12/h11-12H,3-10H2,1-2H3/t12-/m0/s1. The van der Waals surface area contributed by atoms with Crippen molar-refractivity contribution in [1.82, 2.24) is 9.80 Å². The highest BCUT2D eigenvalue weighted by Gasteiger charge is 2.39. The van der Waals surface area contributed by atoms with Crippen LogP contribution in [0.25, 0.3) is 0 Å². The molecule has 0 amide bonds. The number of piperazine rings is 1. The van der Waals surface area contributed by atoms with E-state index in [-0.39, 0.29) is 18.9 Å². The van der Waals surface area contributed by atoms with Crippen molar-refractivity contribution < 1.29 is 8.78 Å². The summed E-state index contributed by atoms with van der Waals surface area (Å²) in [5, 5.41) is 0. The molecule has 1 saturated carbocycles. The van der Waals surface area contributed by atoms with Crippen molar-refractivity contribution in [2.24, 2.45) is 0 Å². The molecule has 0 spiro atoms. The highest BCUT2D eigenvalue weighted by atomic mass is 19.3. The zero-order chi connectivity index (χ0) is 12.5. The third-order valence-corrected chi connectivity index (χ3v) is 4.21. The lowest BCUT2D eigenvalue weighted by Gasteiger charge is -2.43. The number of halogens is 2. The second-order valence-corrected chi connectivity index (χ2v) is 5.77. The highest BCUT2D eigenvalue weighted by Crippen LogP contribution is 2.35. The van der Waals surface area contributed by atoms with Crippen LogP contribution in [0.2, 0.25) is 0 Å². The van der Waals surface area contributed by atoms with Crippen LogP contribution in [0.5, 0.6) is 0 Å². The van der Waals surface area contributed by atoms with Crippen LogP contribution in [0.1, 0.15) is 39.5 Å². The summed E-state index contributed by atoms with van der Waals surface area (Å²) < 4.78 is 26.8. The van der Waals surface area contributed by atoms with Crippen LogP contribution < -0.4 is 0 Å². The molecule has 2 nitrogen and oxygen atoms in total. The third kappa shape index (κ3) is 3.38. The quantitative estimate of drug-likeness (QED) is 0.739. The number of alkyl halides is 2. The van der Waals surface area contributed by atoms with Crippen LogP contribution in [0, 0.1) is 0 Å². The van der Waals surface area contributed by atoms with E-state index in [1.165, 1.54) is 0 Å². The van der Waals surface area contributed by atoms with Crippen LogP contribution in [0.3, 0.4) is 0 Å². The molecule has 0 radical (unpaired) electrons. The van der Waals surface area contributed by atoms with Gasteiger partial charge in [0, 0.05) is 51.1 Å². The summed E-state index contributed by atoms with van der Waals surface area (Å²) in [5.41, 5.74) is 0. The molecular weight excluding hydrogens is 222 g/mol. The van der Waals surface area contributed by atoms with Gasteiger partial charge in [-0.15, -0.1) is 0 Å². The van der Waals surface area contributed by atoms with Crippen molar-refractivity contribution in [2.75, 3.05) is 26.2 Å². The van der Waals surface area contributed by atoms with E-state index in [1.54, 1.807) is 0 Å². The maximum absolute atomic E-state index is 13.4. The average Bonchev–Trinajstić information content (AvgIpc) is 2.28. The topological polar surface area (TPSA) is 6.48 Å². The maximum Gasteiger partial charge on any atom is 0.249 e. The molecule has 1 heterocycles. The Labute approximate surface area is 103 Å². The fourth-order valence-corrected chi connectivity index (χ4v) is 3.08. The Hall–Kier alpha value is -0.220. The fourth-order valence-electron chi connectivity index (χ4n) is 3.08. The van der Waals surface area contributed by atoms with Gasteiger partial charge in [-0.2, -0.15) is 0 Å². The summed E-state index contributed by atoms with van der Waals surface area (Å²) in [6.45, 7) is 8.37. The van der Waals surface area contributed by atoms with Gasteiger partial charge >= 0.3 is 0 Å². The fraction of sp³-hybridized carbons (Fsp3) is 1.00. The van der Waals surface area contributed by atoms with Gasteiger partial charge in [0.05, 0.1) is 0 Å². The van der Waals surface area contributed by atoms with Crippen LogP contribution in [-0.4, -0.2) is 54.0 Å². The molecule has 17 heavy (non-hydrogen) atoms. The molecule has 2 fully saturated rings. The summed E-state index contributed by atoms with van der Waals surface area (Å²) in [7, 11) is 0. The van der Waals surface area contributed by atoms with E-state index in [0.29, 0.717) is 12.5 Å². The first-order chi connectivity index (χ1) is 7.98. The molecule has 0 N–H and O–H groups in total. The van der Waals surface area contributed by atoms with Gasteiger partial charge in [-0.05, 0) is 26.7 Å². The van der Waals surface area contributed by atoms with Gasteiger partial charge in [-0.3, -0.25) is 9.80 Å². The Morgan fingerprint density at radius 1 is 1.12 bits per heavy atom. The minimum atomic E-state index is -2.42. The van der Waals surface area contributed by atoms with Gasteiger partial charge in [-0.1, -0.05) is 0 Å². The van der Waals surface area contributed by atoms with Crippen LogP contribution in [0.4, 0.5) is 8.78 Å². The van der Waals surface area contributed by atoms with Gasteiger partial charge < -0.3 is 0 Å². The van der Waals surface area contributed by atoms with Gasteiger partial charge in [0.1, 0.15) is 0 Å². The molecule has 2 rings (SSSR count). The normalized spacial score (nSPS) is 31.9. The molecule has 0 aromatic heterocycles. The Bertz CT molecular complexity index is 248. The van der Waals surface area contributed by atoms with E-state index in [9.17, 15) is 8.78 Å². The molecule has 2 aliphatic rings. The Balaban J connectivity index is 1.84. The summed E-state index contributed by atoms with van der Waals surface area (Å²) in [6.07, 6.45) is 1.81. The van der Waals surface area contributed by atoms with E-state index < -0.39 is 5.92 Å². The molecule has 1 saturated heterocycles. The van der Waals surface area contributed by atoms with Crippen LogP contribution in [-0.2, 0) is 0 Å². The zero-order valence-corrected chi connectivity index (χ0v) is 11.0. The first-order valence-electron chi connectivity index (χ1n) is 6.84. The SMILES string of the molecule is CC(C)N1CCN([C@H]2CCCC(F)(F)C2)CC1. The predicted octanol–water partition coefficient (Wildman–Crippen LogP) is 2.59. The van der Waals surface area contributed by atoms with E-state index in [1.807, 2.05) is 0 Å². The summed E-state index contributed by atoms with van der Waals surface area (Å²) in [5.74, 6) is -2.42. The average molecular weight is 246 g/mol. The van der Waals surface area contributed by atoms with Crippen molar-refractivity contribution in [3.63, 3.8) is 0 Å². The molecule has 0 bridgehead atoms. The van der Waals surface area contributed by atoms with Gasteiger partial charge in [0.15, 0.2) is 0 Å². The summed E-state index contributed by atoms with van der Waals surface area (Å²) in [4.78, 5) is 4.71. The van der Waals surface area contributed by atoms with E-state index in [0.717, 1.165) is 32.6 Å². The predicted molar refractivity (Wildman–Crippen MR) is 65.5 cm³/mol. The van der Waals surface area contributed by atoms with Crippen molar-refractivity contribution in [3.05, 3.63) is 0 Å². The second-order valence-electron chi connectivity index (χ2n) is 5.77. The minimum Gasteiger partial charge on any atom is -0.298 e. The molecule has 100 valence electrons. The second kappa shape index (κ2) is 5.19. The number of nitrogens with zero attached hydrogens (tertiary/aromatic N) is 2. The monoisotopic (exact) mass is 246 g/mol. The van der Waals surface area contributed by atoms with Crippen LogP contribution in [0.15, 0.2) is 0 Å². The smallest absolute Gasteiger partial charge is 0.249 e. The highest BCUT2D eigenvalue weighted by molar-refractivity contribution is 4.87. The summed E-state index contributed by atoms with van der Waals surface area (Å²) in [6, 6.07) is 0.693. The van der Waals surface area contributed by atoms with E-state index in [4.69, 9.17) is 0 Å². The lowest BCUT2D eigenvalue weighted by Crippen LogP contribution is -2.53. The van der Waals surface area contributed by atoms with Gasteiger partial charge in [0.25, 0.3) is 0 Å². The lowest BCUT2D eigenvalue weighted by molar-refractivity contribution is -0.0699. The first kappa shape index (κ1) is 13.2.